The SMILES string of the molecule is c1ccc(-c2ccc(N(c3ccc4oc5cccc6cccc(c7cccc3c47)c65)c3ccc4oc5cccc6cccc(c7cccc3c47)c65)cc2)cc1. The van der Waals surface area contributed by atoms with Crippen LogP contribution in [0.1, 0.15) is 0 Å². The van der Waals surface area contributed by atoms with Crippen LogP contribution in [0.2, 0.25) is 0 Å². The van der Waals surface area contributed by atoms with Gasteiger partial charge in [0.1, 0.15) is 22.3 Å². The molecule has 12 rings (SSSR count). The number of benzene rings is 10. The summed E-state index contributed by atoms with van der Waals surface area (Å²) in [5.41, 5.74) is 9.00. The summed E-state index contributed by atoms with van der Waals surface area (Å²) in [6.45, 7) is 0. The Morgan fingerprint density at radius 3 is 1.18 bits per heavy atom. The summed E-state index contributed by atoms with van der Waals surface area (Å²) in [5, 5.41) is 13.7. The minimum absolute atomic E-state index is 0.852. The van der Waals surface area contributed by atoms with Crippen molar-refractivity contribution in [3.05, 3.63) is 188 Å². The fraction of sp³-hybridized carbons (Fsp3) is 0. The van der Waals surface area contributed by atoms with E-state index in [1.807, 2.05) is 0 Å². The van der Waals surface area contributed by atoms with Crippen LogP contribution < -0.4 is 4.90 Å². The van der Waals surface area contributed by atoms with E-state index in [0.717, 1.165) is 82.5 Å². The van der Waals surface area contributed by atoms with Crippen molar-refractivity contribution in [1.29, 1.82) is 0 Å². The molecule has 10 aromatic carbocycles. The molecule has 0 amide bonds. The summed E-state index contributed by atoms with van der Waals surface area (Å²) in [4.78, 5) is 2.41. The average Bonchev–Trinajstić information content (AvgIpc) is 3.48. The van der Waals surface area contributed by atoms with Crippen molar-refractivity contribution in [2.75, 3.05) is 4.90 Å². The van der Waals surface area contributed by atoms with Crippen molar-refractivity contribution in [3.8, 4) is 11.1 Å². The Balaban J connectivity index is 1.19. The molecule has 55 heavy (non-hydrogen) atoms. The molecule has 256 valence electrons. The molecule has 0 spiro atoms. The standard InChI is InChI=1S/C52H31NO2/c1-2-10-32(11-3-1)33-24-26-36(27-25-33)53(43-28-30-47-51-39(18-8-20-41(43)51)37-16-4-12-34-14-6-22-45(54-47)49(34)37)44-29-31-48-52-40(19-9-21-42(44)52)38-17-5-13-35-15-7-23-46(55-48)50(35)38/h1-31H. The number of anilines is 3. The van der Waals surface area contributed by atoms with Crippen molar-refractivity contribution in [2.45, 2.75) is 0 Å². The molecule has 0 radical (unpaired) electrons. The average molecular weight is 702 g/mol. The van der Waals surface area contributed by atoms with Crippen LogP contribution >= 0.6 is 0 Å². The second-order valence-electron chi connectivity index (χ2n) is 14.4. The first-order valence-electron chi connectivity index (χ1n) is 18.8. The lowest BCUT2D eigenvalue weighted by Gasteiger charge is -2.28. The topological polar surface area (TPSA) is 29.5 Å². The molecule has 0 unspecified atom stereocenters. The lowest BCUT2D eigenvalue weighted by molar-refractivity contribution is 0.664. The lowest BCUT2D eigenvalue weighted by Crippen LogP contribution is -2.11. The van der Waals surface area contributed by atoms with Gasteiger partial charge in [-0.3, -0.25) is 0 Å². The van der Waals surface area contributed by atoms with Crippen LogP contribution in [-0.4, -0.2) is 0 Å². The van der Waals surface area contributed by atoms with Crippen LogP contribution in [0.15, 0.2) is 197 Å². The molecule has 0 fully saturated rings. The molecular formula is C52H31NO2. The Morgan fingerprint density at radius 1 is 0.273 bits per heavy atom. The van der Waals surface area contributed by atoms with E-state index in [0.29, 0.717) is 0 Å². The summed E-state index contributed by atoms with van der Waals surface area (Å²) >= 11 is 0. The van der Waals surface area contributed by atoms with Gasteiger partial charge in [0.2, 0.25) is 0 Å². The van der Waals surface area contributed by atoms with Crippen LogP contribution in [0.4, 0.5) is 17.1 Å². The van der Waals surface area contributed by atoms with Gasteiger partial charge < -0.3 is 13.7 Å². The minimum Gasteiger partial charge on any atom is -0.456 e. The molecule has 3 nitrogen and oxygen atoms in total. The predicted octanol–water partition coefficient (Wildman–Crippen LogP) is 15.2. The smallest absolute Gasteiger partial charge is 0.136 e. The quantitative estimate of drug-likeness (QED) is 0.183. The van der Waals surface area contributed by atoms with Gasteiger partial charge in [0, 0.05) is 38.0 Å². The lowest BCUT2D eigenvalue weighted by atomic mass is 9.96. The fourth-order valence-electron chi connectivity index (χ4n) is 9.04. The van der Waals surface area contributed by atoms with Crippen LogP contribution in [-0.2, 0) is 0 Å². The van der Waals surface area contributed by atoms with E-state index in [1.165, 1.54) is 32.7 Å². The summed E-state index contributed by atoms with van der Waals surface area (Å²) in [6, 6.07) is 67.2. The maximum atomic E-state index is 6.82. The molecule has 0 saturated carbocycles. The van der Waals surface area contributed by atoms with E-state index in [-0.39, 0.29) is 0 Å². The third-order valence-corrected chi connectivity index (χ3v) is 11.4. The zero-order valence-corrected chi connectivity index (χ0v) is 29.7. The van der Waals surface area contributed by atoms with Crippen molar-refractivity contribution >= 4 is 104 Å². The zero-order valence-electron chi connectivity index (χ0n) is 29.7. The van der Waals surface area contributed by atoms with Crippen molar-refractivity contribution in [3.63, 3.8) is 0 Å². The number of hydrogen-bond acceptors (Lipinski definition) is 3. The normalized spacial score (nSPS) is 12.0. The monoisotopic (exact) mass is 701 g/mol. The first kappa shape index (κ1) is 30.1. The number of fused-ring (bicyclic) bond motifs is 2. The molecule has 0 bridgehead atoms. The third kappa shape index (κ3) is 4.44. The summed E-state index contributed by atoms with van der Waals surface area (Å²) in [5.74, 6) is 0. The summed E-state index contributed by atoms with van der Waals surface area (Å²) in [6.07, 6.45) is 0. The number of rotatable bonds is 4. The largest absolute Gasteiger partial charge is 0.456 e. The van der Waals surface area contributed by atoms with Gasteiger partial charge in [-0.1, -0.05) is 140 Å². The highest BCUT2D eigenvalue weighted by Crippen LogP contribution is 2.48. The Labute approximate surface area is 315 Å². The van der Waals surface area contributed by atoms with Crippen LogP contribution in [0.25, 0.3) is 98.1 Å². The van der Waals surface area contributed by atoms with E-state index in [1.54, 1.807) is 0 Å². The highest BCUT2D eigenvalue weighted by Gasteiger charge is 2.22. The van der Waals surface area contributed by atoms with Gasteiger partial charge in [0.15, 0.2) is 0 Å². The van der Waals surface area contributed by atoms with E-state index >= 15 is 0 Å². The predicted molar refractivity (Wildman–Crippen MR) is 231 cm³/mol. The van der Waals surface area contributed by atoms with E-state index in [9.17, 15) is 0 Å². The van der Waals surface area contributed by atoms with Crippen LogP contribution in [0.5, 0.6) is 0 Å². The molecule has 12 aromatic rings. The highest BCUT2D eigenvalue weighted by molar-refractivity contribution is 6.27. The molecule has 0 aliphatic heterocycles. The van der Waals surface area contributed by atoms with Crippen molar-refractivity contribution in [1.82, 2.24) is 0 Å². The van der Waals surface area contributed by atoms with Gasteiger partial charge in [0.25, 0.3) is 0 Å². The van der Waals surface area contributed by atoms with Gasteiger partial charge in [-0.05, 0) is 92.0 Å². The van der Waals surface area contributed by atoms with Gasteiger partial charge in [-0.25, -0.2) is 0 Å². The number of nitrogens with zero attached hydrogens (tertiary/aromatic N) is 1. The first-order chi connectivity index (χ1) is 27.3. The fourth-order valence-corrected chi connectivity index (χ4v) is 9.04. The molecule has 2 heterocycles. The van der Waals surface area contributed by atoms with Gasteiger partial charge in [0.05, 0.1) is 11.4 Å². The van der Waals surface area contributed by atoms with Crippen LogP contribution in [0.3, 0.4) is 0 Å². The van der Waals surface area contributed by atoms with E-state index in [4.69, 9.17) is 8.83 Å². The summed E-state index contributed by atoms with van der Waals surface area (Å²) in [7, 11) is 0. The van der Waals surface area contributed by atoms with E-state index in [2.05, 4.69) is 193 Å². The molecule has 0 saturated heterocycles. The van der Waals surface area contributed by atoms with Gasteiger partial charge in [-0.15, -0.1) is 0 Å². The van der Waals surface area contributed by atoms with Gasteiger partial charge in [-0.2, -0.15) is 0 Å². The zero-order chi connectivity index (χ0) is 36.0. The Morgan fingerprint density at radius 2 is 0.673 bits per heavy atom. The molecule has 0 aliphatic carbocycles. The summed E-state index contributed by atoms with van der Waals surface area (Å²) < 4.78 is 13.6. The molecule has 3 heteroatoms. The molecule has 0 atom stereocenters. The molecular weight excluding hydrogens is 671 g/mol. The molecule has 0 N–H and O–H groups in total. The van der Waals surface area contributed by atoms with E-state index < -0.39 is 0 Å². The van der Waals surface area contributed by atoms with Crippen molar-refractivity contribution < 1.29 is 8.83 Å². The molecule has 2 aromatic heterocycles. The molecule has 0 aliphatic rings. The van der Waals surface area contributed by atoms with Crippen LogP contribution in [0, 0.1) is 0 Å². The maximum Gasteiger partial charge on any atom is 0.136 e. The second kappa shape index (κ2) is 11.6. The number of hydrogen-bond donors (Lipinski definition) is 0. The Hall–Kier alpha value is -7.36. The Bertz CT molecular complexity index is 3280. The highest BCUT2D eigenvalue weighted by atomic mass is 16.3. The van der Waals surface area contributed by atoms with Gasteiger partial charge >= 0.3 is 0 Å². The third-order valence-electron chi connectivity index (χ3n) is 11.4. The second-order valence-corrected chi connectivity index (χ2v) is 14.4. The Kier molecular flexibility index (Phi) is 6.34. The first-order valence-corrected chi connectivity index (χ1v) is 18.8. The van der Waals surface area contributed by atoms with Crippen molar-refractivity contribution in [2.24, 2.45) is 0 Å². The minimum atomic E-state index is 0.852. The maximum absolute atomic E-state index is 6.82.